The van der Waals surface area contributed by atoms with Crippen molar-refractivity contribution in [3.05, 3.63) is 34.9 Å². The Hall–Kier alpha value is -0.910. The zero-order chi connectivity index (χ0) is 12.3. The summed E-state index contributed by atoms with van der Waals surface area (Å²) >= 11 is 0. The second kappa shape index (κ2) is 4.95. The van der Waals surface area contributed by atoms with Gasteiger partial charge in [0.2, 0.25) is 10.0 Å². The first-order valence-electron chi connectivity index (χ1n) is 4.99. The normalized spacial score (nSPS) is 13.8. The largest absolute Gasteiger partial charge is 0.387 e. The Bertz CT molecular complexity index is 468. The molecule has 0 amide bonds. The predicted octanol–water partition coefficient (Wildman–Crippen LogP) is 0.886. The lowest BCUT2D eigenvalue weighted by molar-refractivity contribution is 0.181. The zero-order valence-corrected chi connectivity index (χ0v) is 10.5. The molecule has 1 aromatic rings. The van der Waals surface area contributed by atoms with Crippen LogP contribution in [0.25, 0.3) is 0 Å². The SMILES string of the molecule is Cc1ccc(C)c(C(O)CNS(C)(=O)=O)c1. The Morgan fingerprint density at radius 3 is 2.56 bits per heavy atom. The molecule has 0 fully saturated rings. The number of benzene rings is 1. The fourth-order valence-electron chi connectivity index (χ4n) is 1.46. The predicted molar refractivity (Wildman–Crippen MR) is 63.7 cm³/mol. The smallest absolute Gasteiger partial charge is 0.208 e. The summed E-state index contributed by atoms with van der Waals surface area (Å²) in [7, 11) is -3.26. The van der Waals surface area contributed by atoms with Crippen molar-refractivity contribution < 1.29 is 13.5 Å². The molecule has 1 aromatic carbocycles. The molecule has 1 unspecified atom stereocenters. The van der Waals surface area contributed by atoms with Gasteiger partial charge in [-0.1, -0.05) is 23.8 Å². The van der Waals surface area contributed by atoms with Gasteiger partial charge in [0.15, 0.2) is 0 Å². The van der Waals surface area contributed by atoms with Crippen LogP contribution in [0.4, 0.5) is 0 Å². The maximum atomic E-state index is 10.9. The quantitative estimate of drug-likeness (QED) is 0.825. The number of aliphatic hydroxyl groups excluding tert-OH is 1. The highest BCUT2D eigenvalue weighted by molar-refractivity contribution is 7.88. The summed E-state index contributed by atoms with van der Waals surface area (Å²) in [4.78, 5) is 0. The Balaban J connectivity index is 2.80. The highest BCUT2D eigenvalue weighted by atomic mass is 32.2. The second-order valence-electron chi connectivity index (χ2n) is 4.00. The molecule has 0 saturated heterocycles. The molecule has 0 saturated carbocycles. The number of rotatable bonds is 4. The molecule has 16 heavy (non-hydrogen) atoms. The van der Waals surface area contributed by atoms with Crippen LogP contribution < -0.4 is 4.72 Å². The minimum Gasteiger partial charge on any atom is -0.387 e. The van der Waals surface area contributed by atoms with Crippen molar-refractivity contribution in [2.75, 3.05) is 12.8 Å². The molecule has 4 nitrogen and oxygen atoms in total. The van der Waals surface area contributed by atoms with Crippen LogP contribution in [0.5, 0.6) is 0 Å². The molecule has 0 radical (unpaired) electrons. The first-order valence-corrected chi connectivity index (χ1v) is 6.88. The van der Waals surface area contributed by atoms with Crippen LogP contribution in [0, 0.1) is 13.8 Å². The van der Waals surface area contributed by atoms with Crippen LogP contribution in [0.1, 0.15) is 22.8 Å². The number of hydrogen-bond donors (Lipinski definition) is 2. The Morgan fingerprint density at radius 1 is 1.38 bits per heavy atom. The Labute approximate surface area is 96.4 Å². The van der Waals surface area contributed by atoms with Crippen LogP contribution in [-0.2, 0) is 10.0 Å². The van der Waals surface area contributed by atoms with E-state index >= 15 is 0 Å². The highest BCUT2D eigenvalue weighted by Gasteiger charge is 2.12. The molecule has 0 aromatic heterocycles. The van der Waals surface area contributed by atoms with E-state index in [-0.39, 0.29) is 6.54 Å². The third kappa shape index (κ3) is 3.92. The monoisotopic (exact) mass is 243 g/mol. The molecule has 90 valence electrons. The lowest BCUT2D eigenvalue weighted by Crippen LogP contribution is -2.27. The summed E-state index contributed by atoms with van der Waals surface area (Å²) in [6.07, 6.45) is 0.262. The molecule has 2 N–H and O–H groups in total. The van der Waals surface area contributed by atoms with Crippen LogP contribution in [0.3, 0.4) is 0 Å². The van der Waals surface area contributed by atoms with Crippen LogP contribution >= 0.6 is 0 Å². The van der Waals surface area contributed by atoms with Gasteiger partial charge in [-0.25, -0.2) is 13.1 Å². The van der Waals surface area contributed by atoms with E-state index in [0.29, 0.717) is 0 Å². The average molecular weight is 243 g/mol. The summed E-state index contributed by atoms with van der Waals surface area (Å²) in [5.74, 6) is 0. The van der Waals surface area contributed by atoms with E-state index in [0.717, 1.165) is 22.9 Å². The highest BCUT2D eigenvalue weighted by Crippen LogP contribution is 2.18. The van der Waals surface area contributed by atoms with Crippen molar-refractivity contribution in [1.82, 2.24) is 4.72 Å². The van der Waals surface area contributed by atoms with E-state index in [1.807, 2.05) is 32.0 Å². The maximum Gasteiger partial charge on any atom is 0.208 e. The number of hydrogen-bond acceptors (Lipinski definition) is 3. The zero-order valence-electron chi connectivity index (χ0n) is 9.69. The van der Waals surface area contributed by atoms with Gasteiger partial charge in [0.1, 0.15) is 0 Å². The molecule has 0 aliphatic heterocycles. The summed E-state index contributed by atoms with van der Waals surface area (Å²) in [6.45, 7) is 3.82. The third-order valence-corrected chi connectivity index (χ3v) is 3.02. The molecule has 0 aliphatic carbocycles. The molecular weight excluding hydrogens is 226 g/mol. The molecule has 0 bridgehead atoms. The maximum absolute atomic E-state index is 10.9. The van der Waals surface area contributed by atoms with Crippen LogP contribution in [0.2, 0.25) is 0 Å². The van der Waals surface area contributed by atoms with Gasteiger partial charge >= 0.3 is 0 Å². The minimum absolute atomic E-state index is 0.00310. The van der Waals surface area contributed by atoms with Gasteiger partial charge in [-0.2, -0.15) is 0 Å². The number of aliphatic hydroxyl groups is 1. The van der Waals surface area contributed by atoms with E-state index in [4.69, 9.17) is 0 Å². The van der Waals surface area contributed by atoms with Crippen molar-refractivity contribution in [1.29, 1.82) is 0 Å². The number of nitrogens with one attached hydrogen (secondary N) is 1. The van der Waals surface area contributed by atoms with Crippen molar-refractivity contribution in [3.8, 4) is 0 Å². The van der Waals surface area contributed by atoms with E-state index in [1.165, 1.54) is 0 Å². The molecule has 1 rings (SSSR count). The Morgan fingerprint density at radius 2 is 2.00 bits per heavy atom. The van der Waals surface area contributed by atoms with Crippen molar-refractivity contribution >= 4 is 10.0 Å². The van der Waals surface area contributed by atoms with Crippen molar-refractivity contribution in [2.24, 2.45) is 0 Å². The van der Waals surface area contributed by atoms with Crippen molar-refractivity contribution in [2.45, 2.75) is 20.0 Å². The van der Waals surface area contributed by atoms with Crippen LogP contribution in [0.15, 0.2) is 18.2 Å². The first-order chi connectivity index (χ1) is 7.29. The summed E-state index contributed by atoms with van der Waals surface area (Å²) in [5, 5.41) is 9.86. The van der Waals surface area contributed by atoms with E-state index < -0.39 is 16.1 Å². The first kappa shape index (κ1) is 13.2. The van der Waals surface area contributed by atoms with E-state index in [9.17, 15) is 13.5 Å². The summed E-state index contributed by atoms with van der Waals surface area (Å²) in [6, 6.07) is 5.73. The van der Waals surface area contributed by atoms with Gasteiger partial charge in [0.05, 0.1) is 12.4 Å². The second-order valence-corrected chi connectivity index (χ2v) is 5.83. The van der Waals surface area contributed by atoms with E-state index in [1.54, 1.807) is 0 Å². The average Bonchev–Trinajstić information content (AvgIpc) is 2.17. The topological polar surface area (TPSA) is 66.4 Å². The standard InChI is InChI=1S/C11H17NO3S/c1-8-4-5-9(2)10(6-8)11(13)7-12-16(3,14)15/h4-6,11-13H,7H2,1-3H3. The fourth-order valence-corrected chi connectivity index (χ4v) is 1.92. The summed E-state index contributed by atoms with van der Waals surface area (Å²) < 4.78 is 24.1. The molecule has 1 atom stereocenters. The molecule has 0 spiro atoms. The lowest BCUT2D eigenvalue weighted by atomic mass is 10.0. The third-order valence-electron chi connectivity index (χ3n) is 2.33. The van der Waals surface area contributed by atoms with Crippen molar-refractivity contribution in [3.63, 3.8) is 0 Å². The van der Waals surface area contributed by atoms with Gasteiger partial charge < -0.3 is 5.11 Å². The fraction of sp³-hybridized carbons (Fsp3) is 0.455. The number of aryl methyl sites for hydroxylation is 2. The lowest BCUT2D eigenvalue weighted by Gasteiger charge is -2.14. The van der Waals surface area contributed by atoms with Crippen LogP contribution in [-0.4, -0.2) is 26.3 Å². The van der Waals surface area contributed by atoms with Gasteiger partial charge in [-0.05, 0) is 25.0 Å². The molecular formula is C11H17NO3S. The van der Waals surface area contributed by atoms with Gasteiger partial charge in [0, 0.05) is 6.54 Å². The van der Waals surface area contributed by atoms with E-state index in [2.05, 4.69) is 4.72 Å². The molecule has 5 heteroatoms. The Kier molecular flexibility index (Phi) is 4.07. The summed E-state index contributed by atoms with van der Waals surface area (Å²) in [5.41, 5.74) is 2.75. The van der Waals surface area contributed by atoms with Gasteiger partial charge in [-0.15, -0.1) is 0 Å². The molecule has 0 heterocycles. The van der Waals surface area contributed by atoms with Gasteiger partial charge in [-0.3, -0.25) is 0 Å². The number of sulfonamides is 1. The van der Waals surface area contributed by atoms with Gasteiger partial charge in [0.25, 0.3) is 0 Å². The minimum atomic E-state index is -3.26. The molecule has 0 aliphatic rings.